The number of aromatic nitrogens is 2. The minimum atomic E-state index is -0.224. The van der Waals surface area contributed by atoms with Crippen LogP contribution in [0.3, 0.4) is 0 Å². The van der Waals surface area contributed by atoms with Gasteiger partial charge in [0, 0.05) is 12.6 Å². The van der Waals surface area contributed by atoms with Crippen molar-refractivity contribution in [2.45, 2.75) is 6.92 Å². The molecule has 0 aliphatic carbocycles. The third kappa shape index (κ3) is 1.81. The number of benzene rings is 1. The quantitative estimate of drug-likeness (QED) is 0.776. The second-order valence-corrected chi connectivity index (χ2v) is 4.09. The molecule has 78 valence electrons. The van der Waals surface area contributed by atoms with Gasteiger partial charge in [0.05, 0.1) is 11.4 Å². The van der Waals surface area contributed by atoms with E-state index in [0.29, 0.717) is 0 Å². The molecule has 2 aromatic rings. The Morgan fingerprint density at radius 3 is 2.33 bits per heavy atom. The summed E-state index contributed by atoms with van der Waals surface area (Å²) in [7, 11) is 1.92. The van der Waals surface area contributed by atoms with Crippen LogP contribution in [0, 0.1) is 12.7 Å². The van der Waals surface area contributed by atoms with E-state index >= 15 is 0 Å². The molecule has 0 fully saturated rings. The molecule has 15 heavy (non-hydrogen) atoms. The summed E-state index contributed by atoms with van der Waals surface area (Å²) in [5, 5.41) is 0. The van der Waals surface area contributed by atoms with Gasteiger partial charge in [0.25, 0.3) is 0 Å². The number of aryl methyl sites for hydroxylation is 1. The Hall–Kier alpha value is -1.16. The van der Waals surface area contributed by atoms with E-state index in [4.69, 9.17) is 0 Å². The van der Waals surface area contributed by atoms with Gasteiger partial charge in [-0.3, -0.25) is 0 Å². The number of nitrogens with zero attached hydrogens (tertiary/aromatic N) is 2. The van der Waals surface area contributed by atoms with Crippen LogP contribution in [0.5, 0.6) is 0 Å². The lowest BCUT2D eigenvalue weighted by atomic mass is 10.1. The maximum absolute atomic E-state index is 12.8. The first-order valence-corrected chi connectivity index (χ1v) is 5.33. The van der Waals surface area contributed by atoms with Gasteiger partial charge in [-0.25, -0.2) is 9.37 Å². The lowest BCUT2D eigenvalue weighted by Crippen LogP contribution is -1.92. The SMILES string of the molecule is Cc1nc(Br)n(C)c1-c1ccc(F)cc1. The van der Waals surface area contributed by atoms with Crippen molar-refractivity contribution in [2.24, 2.45) is 7.05 Å². The first-order chi connectivity index (χ1) is 7.09. The van der Waals surface area contributed by atoms with Crippen LogP contribution >= 0.6 is 15.9 Å². The molecule has 2 nitrogen and oxygen atoms in total. The fourth-order valence-electron chi connectivity index (χ4n) is 1.61. The zero-order valence-corrected chi connectivity index (χ0v) is 10.0. The molecule has 1 aromatic carbocycles. The minimum absolute atomic E-state index is 0.224. The minimum Gasteiger partial charge on any atom is -0.321 e. The summed E-state index contributed by atoms with van der Waals surface area (Å²) in [6.45, 7) is 1.93. The van der Waals surface area contributed by atoms with E-state index in [-0.39, 0.29) is 5.82 Å². The van der Waals surface area contributed by atoms with Gasteiger partial charge in [-0.05, 0) is 47.1 Å². The van der Waals surface area contributed by atoms with Gasteiger partial charge in [0.1, 0.15) is 5.82 Å². The van der Waals surface area contributed by atoms with Crippen LogP contribution in [0.25, 0.3) is 11.3 Å². The van der Waals surface area contributed by atoms with Crippen LogP contribution in [0.1, 0.15) is 5.69 Å². The highest BCUT2D eigenvalue weighted by atomic mass is 79.9. The highest BCUT2D eigenvalue weighted by molar-refractivity contribution is 9.10. The molecule has 1 heterocycles. The molecule has 0 amide bonds. The van der Waals surface area contributed by atoms with E-state index in [1.807, 2.05) is 18.5 Å². The lowest BCUT2D eigenvalue weighted by molar-refractivity contribution is 0.628. The van der Waals surface area contributed by atoms with Crippen molar-refractivity contribution in [1.82, 2.24) is 9.55 Å². The Morgan fingerprint density at radius 1 is 1.27 bits per heavy atom. The number of hydrogen-bond acceptors (Lipinski definition) is 1. The lowest BCUT2D eigenvalue weighted by Gasteiger charge is -2.04. The maximum Gasteiger partial charge on any atom is 0.177 e. The smallest absolute Gasteiger partial charge is 0.177 e. The van der Waals surface area contributed by atoms with Gasteiger partial charge in [0.15, 0.2) is 4.73 Å². The highest BCUT2D eigenvalue weighted by Crippen LogP contribution is 2.25. The Labute approximate surface area is 95.9 Å². The van der Waals surface area contributed by atoms with Gasteiger partial charge < -0.3 is 4.57 Å². The third-order valence-corrected chi connectivity index (χ3v) is 3.04. The topological polar surface area (TPSA) is 17.8 Å². The summed E-state index contributed by atoms with van der Waals surface area (Å²) in [6.07, 6.45) is 0. The van der Waals surface area contributed by atoms with Gasteiger partial charge in [-0.2, -0.15) is 0 Å². The second-order valence-electron chi connectivity index (χ2n) is 3.38. The Bertz CT molecular complexity index is 488. The Kier molecular flexibility index (Phi) is 2.61. The van der Waals surface area contributed by atoms with Crippen molar-refractivity contribution >= 4 is 15.9 Å². The van der Waals surface area contributed by atoms with Crippen LogP contribution in [-0.4, -0.2) is 9.55 Å². The summed E-state index contributed by atoms with van der Waals surface area (Å²) in [5.41, 5.74) is 2.90. The van der Waals surface area contributed by atoms with Crippen molar-refractivity contribution in [3.8, 4) is 11.3 Å². The number of rotatable bonds is 1. The van der Waals surface area contributed by atoms with Gasteiger partial charge >= 0.3 is 0 Å². The van der Waals surface area contributed by atoms with Gasteiger partial charge in [-0.15, -0.1) is 0 Å². The number of imidazole rings is 1. The summed E-state index contributed by atoms with van der Waals surface area (Å²) < 4.78 is 15.5. The third-order valence-electron chi connectivity index (χ3n) is 2.33. The summed E-state index contributed by atoms with van der Waals surface area (Å²) >= 11 is 3.36. The summed E-state index contributed by atoms with van der Waals surface area (Å²) in [6, 6.07) is 6.42. The summed E-state index contributed by atoms with van der Waals surface area (Å²) in [4.78, 5) is 4.30. The molecule has 0 spiro atoms. The molecule has 4 heteroatoms. The van der Waals surface area contributed by atoms with Crippen LogP contribution in [0.2, 0.25) is 0 Å². The van der Waals surface area contributed by atoms with Crippen molar-refractivity contribution in [1.29, 1.82) is 0 Å². The van der Waals surface area contributed by atoms with Gasteiger partial charge in [-0.1, -0.05) is 0 Å². The first-order valence-electron chi connectivity index (χ1n) is 4.54. The van der Waals surface area contributed by atoms with Crippen LogP contribution in [0.4, 0.5) is 4.39 Å². The molecule has 0 unspecified atom stereocenters. The first kappa shape index (κ1) is 10.4. The Morgan fingerprint density at radius 2 is 1.87 bits per heavy atom. The van der Waals surface area contributed by atoms with E-state index in [1.165, 1.54) is 12.1 Å². The van der Waals surface area contributed by atoms with E-state index < -0.39 is 0 Å². The number of halogens is 2. The average molecular weight is 269 g/mol. The van der Waals surface area contributed by atoms with E-state index in [9.17, 15) is 4.39 Å². The summed E-state index contributed by atoms with van der Waals surface area (Å²) in [5.74, 6) is -0.224. The molecular formula is C11H10BrFN2. The van der Waals surface area contributed by atoms with E-state index in [2.05, 4.69) is 20.9 Å². The highest BCUT2D eigenvalue weighted by Gasteiger charge is 2.11. The molecule has 0 atom stereocenters. The predicted octanol–water partition coefficient (Wildman–Crippen LogP) is 3.30. The molecule has 2 rings (SSSR count). The fourth-order valence-corrected chi connectivity index (χ4v) is 2.05. The molecular weight excluding hydrogens is 259 g/mol. The molecule has 1 aromatic heterocycles. The molecule has 0 aliphatic rings. The monoisotopic (exact) mass is 268 g/mol. The predicted molar refractivity (Wildman–Crippen MR) is 61.0 cm³/mol. The normalized spacial score (nSPS) is 10.7. The van der Waals surface area contributed by atoms with Crippen LogP contribution < -0.4 is 0 Å². The number of hydrogen-bond donors (Lipinski definition) is 0. The van der Waals surface area contributed by atoms with Crippen molar-refractivity contribution in [2.75, 3.05) is 0 Å². The zero-order chi connectivity index (χ0) is 11.0. The van der Waals surface area contributed by atoms with Crippen molar-refractivity contribution in [3.05, 3.63) is 40.5 Å². The fraction of sp³-hybridized carbons (Fsp3) is 0.182. The second kappa shape index (κ2) is 3.77. The van der Waals surface area contributed by atoms with E-state index in [1.54, 1.807) is 12.1 Å². The zero-order valence-electron chi connectivity index (χ0n) is 8.46. The molecule has 0 saturated carbocycles. The standard InChI is InChI=1S/C11H10BrFN2/c1-7-10(15(2)11(12)14-7)8-3-5-9(13)6-4-8/h3-6H,1-2H3. The van der Waals surface area contributed by atoms with Gasteiger partial charge in [0.2, 0.25) is 0 Å². The molecule has 0 N–H and O–H groups in total. The Balaban J connectivity index is 2.58. The molecule has 0 bridgehead atoms. The van der Waals surface area contributed by atoms with E-state index in [0.717, 1.165) is 21.7 Å². The van der Waals surface area contributed by atoms with Crippen LogP contribution in [-0.2, 0) is 7.05 Å². The average Bonchev–Trinajstić information content (AvgIpc) is 2.44. The van der Waals surface area contributed by atoms with Crippen LogP contribution in [0.15, 0.2) is 29.0 Å². The van der Waals surface area contributed by atoms with Crippen molar-refractivity contribution in [3.63, 3.8) is 0 Å². The molecule has 0 saturated heterocycles. The molecule has 0 radical (unpaired) electrons. The molecule has 0 aliphatic heterocycles. The maximum atomic E-state index is 12.8. The van der Waals surface area contributed by atoms with Crippen molar-refractivity contribution < 1.29 is 4.39 Å². The largest absolute Gasteiger partial charge is 0.321 e.